The van der Waals surface area contributed by atoms with Gasteiger partial charge in [-0.25, -0.2) is 0 Å². The SMILES string of the molecule is CCC(CCCN(C)CCc1ccc(OC)c(OC)c1)(C(=O)OC)c1ccc(C)c(OC)c1. The molecule has 0 aliphatic carbocycles. The number of aryl methyl sites for hydroxylation is 1. The Labute approximate surface area is 198 Å². The van der Waals surface area contributed by atoms with Gasteiger partial charge in [-0.1, -0.05) is 25.1 Å². The van der Waals surface area contributed by atoms with Crippen molar-refractivity contribution in [3.05, 3.63) is 53.1 Å². The van der Waals surface area contributed by atoms with Gasteiger partial charge in [0, 0.05) is 6.54 Å². The number of rotatable bonds is 13. The third kappa shape index (κ3) is 6.41. The molecule has 0 radical (unpaired) electrons. The number of methoxy groups -OCH3 is 4. The molecule has 2 aromatic carbocycles. The monoisotopic (exact) mass is 457 g/mol. The Morgan fingerprint density at radius 1 is 0.909 bits per heavy atom. The number of carbonyl (C=O) groups excluding carboxylic acids is 1. The maximum atomic E-state index is 13.0. The van der Waals surface area contributed by atoms with E-state index in [1.807, 2.05) is 44.2 Å². The number of nitrogens with zero attached hydrogens (tertiary/aromatic N) is 1. The highest BCUT2D eigenvalue weighted by Crippen LogP contribution is 2.37. The van der Waals surface area contributed by atoms with E-state index in [9.17, 15) is 4.79 Å². The summed E-state index contributed by atoms with van der Waals surface area (Å²) in [6.07, 6.45) is 3.16. The zero-order valence-electron chi connectivity index (χ0n) is 21.2. The summed E-state index contributed by atoms with van der Waals surface area (Å²) < 4.78 is 21.5. The van der Waals surface area contributed by atoms with Crippen molar-refractivity contribution in [3.8, 4) is 17.2 Å². The van der Waals surface area contributed by atoms with E-state index < -0.39 is 5.41 Å². The van der Waals surface area contributed by atoms with Crippen LogP contribution in [0.1, 0.15) is 42.9 Å². The highest BCUT2D eigenvalue weighted by molar-refractivity contribution is 5.83. The molecular formula is C27H39NO5. The molecule has 6 nitrogen and oxygen atoms in total. The van der Waals surface area contributed by atoms with Crippen LogP contribution < -0.4 is 14.2 Å². The number of carbonyl (C=O) groups is 1. The molecule has 6 heteroatoms. The second-order valence-corrected chi connectivity index (χ2v) is 8.46. The number of ether oxygens (including phenoxy) is 4. The average Bonchev–Trinajstić information content (AvgIpc) is 2.85. The Morgan fingerprint density at radius 2 is 1.61 bits per heavy atom. The fraction of sp³-hybridized carbons (Fsp3) is 0.519. The molecular weight excluding hydrogens is 418 g/mol. The summed E-state index contributed by atoms with van der Waals surface area (Å²) in [6, 6.07) is 12.1. The predicted octanol–water partition coefficient (Wildman–Crippen LogP) is 4.80. The van der Waals surface area contributed by atoms with Gasteiger partial charge in [0.05, 0.1) is 33.9 Å². The number of hydrogen-bond acceptors (Lipinski definition) is 6. The molecule has 1 unspecified atom stereocenters. The molecule has 0 N–H and O–H groups in total. The molecule has 2 aromatic rings. The van der Waals surface area contributed by atoms with Crippen LogP contribution in [0.15, 0.2) is 36.4 Å². The molecule has 0 bridgehead atoms. The molecule has 33 heavy (non-hydrogen) atoms. The Morgan fingerprint density at radius 3 is 2.21 bits per heavy atom. The van der Waals surface area contributed by atoms with Gasteiger partial charge in [0.1, 0.15) is 5.75 Å². The fourth-order valence-corrected chi connectivity index (χ4v) is 4.32. The molecule has 0 amide bonds. The van der Waals surface area contributed by atoms with Crippen LogP contribution in [0, 0.1) is 6.92 Å². The van der Waals surface area contributed by atoms with E-state index in [1.165, 1.54) is 12.7 Å². The molecule has 0 aliphatic heterocycles. The summed E-state index contributed by atoms with van der Waals surface area (Å²) in [6.45, 7) is 5.84. The topological polar surface area (TPSA) is 57.2 Å². The zero-order chi connectivity index (χ0) is 24.4. The fourth-order valence-electron chi connectivity index (χ4n) is 4.32. The van der Waals surface area contributed by atoms with Gasteiger partial charge in [-0.3, -0.25) is 4.79 Å². The van der Waals surface area contributed by atoms with Crippen molar-refractivity contribution in [2.75, 3.05) is 48.6 Å². The second-order valence-electron chi connectivity index (χ2n) is 8.46. The van der Waals surface area contributed by atoms with Gasteiger partial charge in [-0.2, -0.15) is 0 Å². The molecule has 2 rings (SSSR count). The Hall–Kier alpha value is -2.73. The van der Waals surface area contributed by atoms with Crippen molar-refractivity contribution in [1.82, 2.24) is 4.90 Å². The van der Waals surface area contributed by atoms with Crippen molar-refractivity contribution < 1.29 is 23.7 Å². The van der Waals surface area contributed by atoms with Crippen LogP contribution in [-0.4, -0.2) is 59.4 Å². The maximum absolute atomic E-state index is 13.0. The van der Waals surface area contributed by atoms with Gasteiger partial charge in [-0.05, 0) is 81.1 Å². The highest BCUT2D eigenvalue weighted by atomic mass is 16.5. The van der Waals surface area contributed by atoms with Crippen LogP contribution in [0.25, 0.3) is 0 Å². The smallest absolute Gasteiger partial charge is 0.316 e. The van der Waals surface area contributed by atoms with Crippen molar-refractivity contribution in [2.24, 2.45) is 0 Å². The lowest BCUT2D eigenvalue weighted by Gasteiger charge is -2.31. The number of benzene rings is 2. The van der Waals surface area contributed by atoms with Crippen LogP contribution in [-0.2, 0) is 21.4 Å². The van der Waals surface area contributed by atoms with Crippen molar-refractivity contribution in [2.45, 2.75) is 44.9 Å². The first kappa shape index (κ1) is 26.5. The van der Waals surface area contributed by atoms with E-state index in [4.69, 9.17) is 18.9 Å². The van der Waals surface area contributed by atoms with Crippen LogP contribution in [0.3, 0.4) is 0 Å². The lowest BCUT2D eigenvalue weighted by molar-refractivity contribution is -0.148. The maximum Gasteiger partial charge on any atom is 0.316 e. The molecule has 0 fully saturated rings. The van der Waals surface area contributed by atoms with Crippen LogP contribution in [0.2, 0.25) is 0 Å². The summed E-state index contributed by atoms with van der Waals surface area (Å²) in [5.74, 6) is 2.09. The summed E-state index contributed by atoms with van der Waals surface area (Å²) in [5, 5.41) is 0. The predicted molar refractivity (Wildman–Crippen MR) is 132 cm³/mol. The quantitative estimate of drug-likeness (QED) is 0.403. The van der Waals surface area contributed by atoms with E-state index in [2.05, 4.69) is 18.0 Å². The Kier molecular flexibility index (Phi) is 10.0. The van der Waals surface area contributed by atoms with Gasteiger partial charge < -0.3 is 23.8 Å². The lowest BCUT2D eigenvalue weighted by Crippen LogP contribution is -2.37. The van der Waals surface area contributed by atoms with Gasteiger partial charge in [0.2, 0.25) is 0 Å². The summed E-state index contributed by atoms with van der Waals surface area (Å²) in [7, 11) is 8.53. The normalized spacial score (nSPS) is 12.8. The lowest BCUT2D eigenvalue weighted by atomic mass is 9.74. The molecule has 0 spiro atoms. The number of hydrogen-bond donors (Lipinski definition) is 0. The van der Waals surface area contributed by atoms with Crippen LogP contribution >= 0.6 is 0 Å². The molecule has 1 atom stereocenters. The van der Waals surface area contributed by atoms with Gasteiger partial charge in [0.15, 0.2) is 11.5 Å². The largest absolute Gasteiger partial charge is 0.496 e. The summed E-state index contributed by atoms with van der Waals surface area (Å²) >= 11 is 0. The van der Waals surface area contributed by atoms with Gasteiger partial charge in [-0.15, -0.1) is 0 Å². The van der Waals surface area contributed by atoms with Crippen LogP contribution in [0.5, 0.6) is 17.2 Å². The molecule has 0 aromatic heterocycles. The first-order chi connectivity index (χ1) is 15.8. The minimum Gasteiger partial charge on any atom is -0.496 e. The van der Waals surface area contributed by atoms with Crippen molar-refractivity contribution >= 4 is 5.97 Å². The molecule has 0 saturated carbocycles. The first-order valence-corrected chi connectivity index (χ1v) is 11.5. The molecule has 0 saturated heterocycles. The standard InChI is InChI=1S/C27H39NO5/c1-8-27(26(29)33-7,22-12-10-20(2)24(19-22)31-5)15-9-16-28(3)17-14-21-11-13-23(30-4)25(18-21)32-6/h10-13,18-19H,8-9,14-17H2,1-7H3. The minimum absolute atomic E-state index is 0.191. The molecule has 0 heterocycles. The number of likely N-dealkylation sites (N-methyl/N-ethyl adjacent to an activating group) is 1. The van der Waals surface area contributed by atoms with Gasteiger partial charge >= 0.3 is 5.97 Å². The number of esters is 1. The van der Waals surface area contributed by atoms with E-state index in [0.29, 0.717) is 12.8 Å². The van der Waals surface area contributed by atoms with E-state index in [0.717, 1.165) is 54.3 Å². The Bertz CT molecular complexity index is 913. The molecule has 182 valence electrons. The van der Waals surface area contributed by atoms with E-state index in [-0.39, 0.29) is 5.97 Å². The van der Waals surface area contributed by atoms with Crippen molar-refractivity contribution in [1.29, 1.82) is 0 Å². The summed E-state index contributed by atoms with van der Waals surface area (Å²) in [5.41, 5.74) is 2.52. The summed E-state index contributed by atoms with van der Waals surface area (Å²) in [4.78, 5) is 15.2. The second kappa shape index (κ2) is 12.5. The first-order valence-electron chi connectivity index (χ1n) is 11.5. The third-order valence-electron chi connectivity index (χ3n) is 6.51. The van der Waals surface area contributed by atoms with Gasteiger partial charge in [0.25, 0.3) is 0 Å². The Balaban J connectivity index is 2.04. The van der Waals surface area contributed by atoms with E-state index >= 15 is 0 Å². The van der Waals surface area contributed by atoms with E-state index in [1.54, 1.807) is 21.3 Å². The third-order valence-corrected chi connectivity index (χ3v) is 6.51. The minimum atomic E-state index is -0.681. The van der Waals surface area contributed by atoms with Crippen molar-refractivity contribution in [3.63, 3.8) is 0 Å². The van der Waals surface area contributed by atoms with Crippen LogP contribution in [0.4, 0.5) is 0 Å². The zero-order valence-corrected chi connectivity index (χ0v) is 21.2. The highest BCUT2D eigenvalue weighted by Gasteiger charge is 2.39. The molecule has 0 aliphatic rings. The average molecular weight is 458 g/mol.